The van der Waals surface area contributed by atoms with Crippen LogP contribution in [-0.2, 0) is 4.74 Å². The maximum atomic E-state index is 5.65. The van der Waals surface area contributed by atoms with Gasteiger partial charge in [0, 0.05) is 19.1 Å². The van der Waals surface area contributed by atoms with E-state index in [1.165, 1.54) is 5.56 Å². The van der Waals surface area contributed by atoms with Crippen molar-refractivity contribution in [2.75, 3.05) is 26.3 Å². The van der Waals surface area contributed by atoms with Crippen molar-refractivity contribution in [3.05, 3.63) is 29.8 Å². The van der Waals surface area contributed by atoms with Crippen LogP contribution in [-0.4, -0.2) is 37.4 Å². The minimum Gasteiger partial charge on any atom is -0.491 e. The third-order valence-electron chi connectivity index (χ3n) is 3.14. The van der Waals surface area contributed by atoms with Gasteiger partial charge >= 0.3 is 0 Å². The molecular weight excluding hydrogens is 240 g/mol. The first kappa shape index (κ1) is 14.3. The molecule has 0 saturated carbocycles. The smallest absolute Gasteiger partial charge is 0.119 e. The minimum absolute atomic E-state index is 0.217. The zero-order chi connectivity index (χ0) is 13.7. The highest BCUT2D eigenvalue weighted by molar-refractivity contribution is 5.29. The van der Waals surface area contributed by atoms with E-state index in [-0.39, 0.29) is 6.10 Å². The first-order valence-corrected chi connectivity index (χ1v) is 7.00. The first-order chi connectivity index (χ1) is 9.15. The molecule has 1 heterocycles. The topological polar surface area (TPSA) is 33.7 Å². The summed E-state index contributed by atoms with van der Waals surface area (Å²) in [5.74, 6) is 0.928. The lowest BCUT2D eigenvalue weighted by Crippen LogP contribution is -2.46. The minimum atomic E-state index is 0.217. The summed E-state index contributed by atoms with van der Waals surface area (Å²) in [6, 6.07) is 8.61. The molecule has 1 unspecified atom stereocenters. The molecule has 2 rings (SSSR count). The van der Waals surface area contributed by atoms with Gasteiger partial charge in [-0.1, -0.05) is 12.1 Å². The molecule has 1 aromatic rings. The fourth-order valence-electron chi connectivity index (χ4n) is 2.15. The van der Waals surface area contributed by atoms with Crippen molar-refractivity contribution in [1.82, 2.24) is 10.4 Å². The molecule has 1 saturated heterocycles. The van der Waals surface area contributed by atoms with Crippen molar-refractivity contribution in [3.8, 4) is 5.75 Å². The number of nitrogens with one attached hydrogen (secondary N) is 1. The first-order valence-electron chi connectivity index (χ1n) is 7.00. The van der Waals surface area contributed by atoms with Crippen LogP contribution in [0.1, 0.15) is 32.4 Å². The van der Waals surface area contributed by atoms with Gasteiger partial charge in [-0.2, -0.15) is 0 Å². The molecule has 0 amide bonds. The standard InChI is InChI=1S/C15H24N2O2/c1-12(2)19-15-6-4-14(5-7-15)13(3)16-17-8-10-18-11-9-17/h4-7,12-13,16H,8-11H2,1-3H3. The molecule has 1 fully saturated rings. The summed E-state index contributed by atoms with van der Waals surface area (Å²) in [6.45, 7) is 9.75. The summed E-state index contributed by atoms with van der Waals surface area (Å²) in [6.07, 6.45) is 0.217. The zero-order valence-corrected chi connectivity index (χ0v) is 12.1. The van der Waals surface area contributed by atoms with Crippen LogP contribution in [0.4, 0.5) is 0 Å². The summed E-state index contributed by atoms with van der Waals surface area (Å²) >= 11 is 0. The maximum absolute atomic E-state index is 5.65. The second-order valence-electron chi connectivity index (χ2n) is 5.19. The number of rotatable bonds is 5. The second kappa shape index (κ2) is 6.89. The van der Waals surface area contributed by atoms with Crippen molar-refractivity contribution in [2.45, 2.75) is 32.9 Å². The molecule has 19 heavy (non-hydrogen) atoms. The fraction of sp³-hybridized carbons (Fsp3) is 0.600. The fourth-order valence-corrected chi connectivity index (χ4v) is 2.15. The Hall–Kier alpha value is -1.10. The molecule has 0 aromatic heterocycles. The van der Waals surface area contributed by atoms with Gasteiger partial charge in [0.25, 0.3) is 0 Å². The van der Waals surface area contributed by atoms with Crippen LogP contribution in [0.3, 0.4) is 0 Å². The van der Waals surface area contributed by atoms with Crippen LogP contribution in [0.25, 0.3) is 0 Å². The number of benzene rings is 1. The van der Waals surface area contributed by atoms with Crippen LogP contribution in [0.2, 0.25) is 0 Å². The number of hydrogen-bond donors (Lipinski definition) is 1. The van der Waals surface area contributed by atoms with Gasteiger partial charge in [0.1, 0.15) is 5.75 Å². The van der Waals surface area contributed by atoms with Crippen LogP contribution < -0.4 is 10.2 Å². The predicted octanol–water partition coefficient (Wildman–Crippen LogP) is 2.37. The molecule has 1 N–H and O–H groups in total. The van der Waals surface area contributed by atoms with Crippen molar-refractivity contribution in [1.29, 1.82) is 0 Å². The van der Waals surface area contributed by atoms with E-state index in [1.54, 1.807) is 0 Å². The average Bonchev–Trinajstić information content (AvgIpc) is 2.40. The van der Waals surface area contributed by atoms with Gasteiger partial charge < -0.3 is 9.47 Å². The van der Waals surface area contributed by atoms with E-state index in [0.717, 1.165) is 32.1 Å². The highest BCUT2D eigenvalue weighted by Gasteiger charge is 2.13. The molecule has 1 atom stereocenters. The van der Waals surface area contributed by atoms with E-state index in [1.807, 2.05) is 26.0 Å². The maximum Gasteiger partial charge on any atom is 0.119 e. The number of nitrogens with zero attached hydrogens (tertiary/aromatic N) is 1. The molecule has 0 radical (unpaired) electrons. The summed E-state index contributed by atoms with van der Waals surface area (Å²) in [5, 5.41) is 2.23. The molecule has 0 aliphatic carbocycles. The van der Waals surface area contributed by atoms with E-state index in [2.05, 4.69) is 29.5 Å². The van der Waals surface area contributed by atoms with E-state index >= 15 is 0 Å². The molecule has 1 aliphatic rings. The van der Waals surface area contributed by atoms with Crippen LogP contribution in [0, 0.1) is 0 Å². The Morgan fingerprint density at radius 2 is 1.74 bits per heavy atom. The third-order valence-corrected chi connectivity index (χ3v) is 3.14. The van der Waals surface area contributed by atoms with Crippen molar-refractivity contribution < 1.29 is 9.47 Å². The van der Waals surface area contributed by atoms with Gasteiger partial charge in [-0.05, 0) is 38.5 Å². The molecule has 0 spiro atoms. The van der Waals surface area contributed by atoms with E-state index in [4.69, 9.17) is 9.47 Å². The summed E-state index contributed by atoms with van der Waals surface area (Å²) < 4.78 is 11.0. The molecule has 0 bridgehead atoms. The van der Waals surface area contributed by atoms with Crippen LogP contribution in [0.5, 0.6) is 5.75 Å². The SMILES string of the molecule is CC(C)Oc1ccc(C(C)NN2CCOCC2)cc1. The molecular formula is C15H24N2O2. The Morgan fingerprint density at radius 1 is 1.11 bits per heavy atom. The Bertz CT molecular complexity index is 372. The molecule has 4 nitrogen and oxygen atoms in total. The number of ether oxygens (including phenoxy) is 2. The second-order valence-corrected chi connectivity index (χ2v) is 5.19. The molecule has 1 aliphatic heterocycles. The highest BCUT2D eigenvalue weighted by atomic mass is 16.5. The molecule has 106 valence electrons. The third kappa shape index (κ3) is 4.49. The summed E-state index contributed by atoms with van der Waals surface area (Å²) in [7, 11) is 0. The largest absolute Gasteiger partial charge is 0.491 e. The number of morpholine rings is 1. The van der Waals surface area contributed by atoms with Crippen molar-refractivity contribution in [3.63, 3.8) is 0 Å². The van der Waals surface area contributed by atoms with Crippen molar-refractivity contribution in [2.24, 2.45) is 0 Å². The van der Waals surface area contributed by atoms with Gasteiger partial charge in [-0.25, -0.2) is 10.4 Å². The Balaban J connectivity index is 1.89. The number of hydrogen-bond acceptors (Lipinski definition) is 4. The van der Waals surface area contributed by atoms with Gasteiger partial charge in [-0.3, -0.25) is 0 Å². The Morgan fingerprint density at radius 3 is 2.32 bits per heavy atom. The van der Waals surface area contributed by atoms with Gasteiger partial charge in [0.05, 0.1) is 19.3 Å². The van der Waals surface area contributed by atoms with E-state index in [0.29, 0.717) is 6.04 Å². The average molecular weight is 264 g/mol. The van der Waals surface area contributed by atoms with Crippen LogP contribution in [0.15, 0.2) is 24.3 Å². The van der Waals surface area contributed by atoms with Crippen molar-refractivity contribution >= 4 is 0 Å². The van der Waals surface area contributed by atoms with Gasteiger partial charge in [0.2, 0.25) is 0 Å². The lowest BCUT2D eigenvalue weighted by molar-refractivity contribution is 0.00484. The summed E-state index contributed by atoms with van der Waals surface area (Å²) in [4.78, 5) is 0. The van der Waals surface area contributed by atoms with Gasteiger partial charge in [0.15, 0.2) is 0 Å². The Kier molecular flexibility index (Phi) is 5.19. The predicted molar refractivity (Wildman–Crippen MR) is 76.1 cm³/mol. The monoisotopic (exact) mass is 264 g/mol. The quantitative estimate of drug-likeness (QED) is 0.885. The van der Waals surface area contributed by atoms with Gasteiger partial charge in [-0.15, -0.1) is 0 Å². The van der Waals surface area contributed by atoms with Crippen LogP contribution >= 0.6 is 0 Å². The lowest BCUT2D eigenvalue weighted by Gasteiger charge is -2.30. The van der Waals surface area contributed by atoms with E-state index in [9.17, 15) is 0 Å². The lowest BCUT2D eigenvalue weighted by atomic mass is 10.1. The van der Waals surface area contributed by atoms with E-state index < -0.39 is 0 Å². The molecule has 1 aromatic carbocycles. The highest BCUT2D eigenvalue weighted by Crippen LogP contribution is 2.19. The molecule has 4 heteroatoms. The normalized spacial score (nSPS) is 18.5. The summed E-state index contributed by atoms with van der Waals surface area (Å²) in [5.41, 5.74) is 4.77. The number of hydrazine groups is 1. The Labute approximate surface area is 115 Å². The zero-order valence-electron chi connectivity index (χ0n) is 12.1.